The fourth-order valence-electron chi connectivity index (χ4n) is 3.24. The Morgan fingerprint density at radius 1 is 1.30 bits per heavy atom. The van der Waals surface area contributed by atoms with Gasteiger partial charge in [-0.25, -0.2) is 4.79 Å². The summed E-state index contributed by atoms with van der Waals surface area (Å²) in [6, 6.07) is 14.5. The number of aliphatic carboxylic acids is 1. The third-order valence-electron chi connectivity index (χ3n) is 4.66. The molecule has 2 aromatic carbocycles. The predicted octanol–water partition coefficient (Wildman–Crippen LogP) is 7.50. The third kappa shape index (κ3) is 6.81. The van der Waals surface area contributed by atoms with Gasteiger partial charge in [0.1, 0.15) is 5.75 Å². The summed E-state index contributed by atoms with van der Waals surface area (Å²) in [5.74, 6) is 1.24. The van der Waals surface area contributed by atoms with Gasteiger partial charge in [-0.3, -0.25) is 0 Å². The minimum atomic E-state index is -1.03. The minimum Gasteiger partial charge on any atom is -0.478 e. The number of halogens is 1. The molecule has 4 nitrogen and oxygen atoms in total. The number of thioether (sulfide) groups is 1. The first-order valence-corrected chi connectivity index (χ1v) is 12.2. The van der Waals surface area contributed by atoms with E-state index in [2.05, 4.69) is 58.1 Å². The summed E-state index contributed by atoms with van der Waals surface area (Å²) < 4.78 is 6.35. The molecule has 1 heterocycles. The predicted molar refractivity (Wildman–Crippen MR) is 130 cm³/mol. The largest absolute Gasteiger partial charge is 0.478 e. The smallest absolute Gasteiger partial charge is 0.331 e. The monoisotopic (exact) mass is 491 g/mol. The molecular formula is C24H30BrNO3S. The molecule has 30 heavy (non-hydrogen) atoms. The number of fused-ring (bicyclic) bond motifs is 1. The number of anilines is 2. The van der Waals surface area contributed by atoms with E-state index in [4.69, 9.17) is 9.84 Å². The molecule has 6 heteroatoms. The summed E-state index contributed by atoms with van der Waals surface area (Å²) in [5.41, 5.74) is 2.33. The molecule has 2 aromatic rings. The van der Waals surface area contributed by atoms with Crippen LogP contribution in [0, 0.1) is 5.92 Å². The lowest BCUT2D eigenvalue weighted by Crippen LogP contribution is -2.25. The zero-order chi connectivity index (χ0) is 21.9. The highest BCUT2D eigenvalue weighted by atomic mass is 79.9. The second-order valence-electron chi connectivity index (χ2n) is 6.77. The summed E-state index contributed by atoms with van der Waals surface area (Å²) in [6.07, 6.45) is 5.85. The highest BCUT2D eigenvalue weighted by Gasteiger charge is 2.25. The van der Waals surface area contributed by atoms with Crippen LogP contribution in [-0.4, -0.2) is 23.4 Å². The number of hydrogen-bond donors (Lipinski definition) is 1. The van der Waals surface area contributed by atoms with E-state index < -0.39 is 5.97 Å². The van der Waals surface area contributed by atoms with E-state index in [-0.39, 0.29) is 0 Å². The van der Waals surface area contributed by atoms with Crippen molar-refractivity contribution in [3.05, 3.63) is 59.3 Å². The molecule has 1 aliphatic rings. The topological polar surface area (TPSA) is 49.8 Å². The van der Waals surface area contributed by atoms with Gasteiger partial charge in [-0.2, -0.15) is 0 Å². The van der Waals surface area contributed by atoms with E-state index in [9.17, 15) is 4.79 Å². The molecule has 0 unspecified atom stereocenters. The molecule has 0 aliphatic carbocycles. The summed E-state index contributed by atoms with van der Waals surface area (Å²) in [6.45, 7) is 7.22. The Morgan fingerprint density at radius 2 is 2.03 bits per heavy atom. The highest BCUT2D eigenvalue weighted by Crippen LogP contribution is 2.44. The molecule has 1 atom stereocenters. The van der Waals surface area contributed by atoms with Gasteiger partial charge < -0.3 is 14.7 Å². The van der Waals surface area contributed by atoms with E-state index in [0.29, 0.717) is 11.7 Å². The van der Waals surface area contributed by atoms with Crippen LogP contribution in [0.2, 0.25) is 0 Å². The first kappa shape index (κ1) is 24.4. The van der Waals surface area contributed by atoms with Crippen LogP contribution in [0.5, 0.6) is 5.75 Å². The van der Waals surface area contributed by atoms with E-state index in [1.54, 1.807) is 0 Å². The van der Waals surface area contributed by atoms with Crippen molar-refractivity contribution in [3.63, 3.8) is 0 Å². The van der Waals surface area contributed by atoms with Crippen LogP contribution < -0.4 is 9.64 Å². The summed E-state index contributed by atoms with van der Waals surface area (Å²) in [4.78, 5) is 14.2. The Kier molecular flexibility index (Phi) is 10.3. The summed E-state index contributed by atoms with van der Waals surface area (Å²) >= 11 is 5.43. The van der Waals surface area contributed by atoms with Crippen molar-refractivity contribution in [2.45, 2.75) is 44.9 Å². The van der Waals surface area contributed by atoms with Gasteiger partial charge in [0, 0.05) is 22.9 Å². The first-order valence-electron chi connectivity index (χ1n) is 10.4. The normalized spacial score (nSPS) is 15.7. The fourth-order valence-corrected chi connectivity index (χ4v) is 4.86. The SMILES string of the molecule is CC.CCCC[C@@H]1CSc2cc(O/C=C/C(=O)O)c(Br)cc2N(c2ccccc2)C1. The Balaban J connectivity index is 0.00000155. The van der Waals surface area contributed by atoms with Gasteiger partial charge in [-0.05, 0) is 52.5 Å². The maximum absolute atomic E-state index is 10.7. The average Bonchev–Trinajstić information content (AvgIpc) is 2.93. The van der Waals surface area contributed by atoms with Crippen LogP contribution in [0.15, 0.2) is 64.2 Å². The lowest BCUT2D eigenvalue weighted by molar-refractivity contribution is -0.131. The number of ether oxygens (including phenoxy) is 1. The Hall–Kier alpha value is -1.92. The van der Waals surface area contributed by atoms with Crippen molar-refractivity contribution in [3.8, 4) is 5.75 Å². The zero-order valence-electron chi connectivity index (χ0n) is 17.8. The number of hydrogen-bond acceptors (Lipinski definition) is 4. The van der Waals surface area contributed by atoms with Crippen molar-refractivity contribution in [2.24, 2.45) is 5.92 Å². The molecule has 1 aliphatic heterocycles. The van der Waals surface area contributed by atoms with Crippen LogP contribution in [0.25, 0.3) is 0 Å². The van der Waals surface area contributed by atoms with Gasteiger partial charge in [0.2, 0.25) is 0 Å². The van der Waals surface area contributed by atoms with Crippen LogP contribution >= 0.6 is 27.7 Å². The number of carboxylic acid groups (broad SMARTS) is 1. The van der Waals surface area contributed by atoms with Crippen LogP contribution in [-0.2, 0) is 4.79 Å². The summed E-state index contributed by atoms with van der Waals surface area (Å²) in [5, 5.41) is 8.76. The lowest BCUT2D eigenvalue weighted by Gasteiger charge is -2.28. The number of nitrogens with zero attached hydrogens (tertiary/aromatic N) is 1. The Labute approximate surface area is 192 Å². The summed E-state index contributed by atoms with van der Waals surface area (Å²) in [7, 11) is 0. The Morgan fingerprint density at radius 3 is 2.70 bits per heavy atom. The van der Waals surface area contributed by atoms with Crippen LogP contribution in [0.4, 0.5) is 11.4 Å². The van der Waals surface area contributed by atoms with Gasteiger partial charge in [0.25, 0.3) is 0 Å². The maximum Gasteiger partial charge on any atom is 0.331 e. The first-order chi connectivity index (χ1) is 14.6. The van der Waals surface area contributed by atoms with Gasteiger partial charge in [0.15, 0.2) is 0 Å². The molecule has 0 saturated carbocycles. The number of benzene rings is 2. The van der Waals surface area contributed by atoms with Crippen molar-refractivity contribution in [1.82, 2.24) is 0 Å². The van der Waals surface area contributed by atoms with E-state index in [1.165, 1.54) is 31.2 Å². The van der Waals surface area contributed by atoms with Crippen LogP contribution in [0.3, 0.4) is 0 Å². The van der Waals surface area contributed by atoms with Gasteiger partial charge in [-0.1, -0.05) is 51.8 Å². The molecule has 0 spiro atoms. The standard InChI is InChI=1S/C22H24BrNO3S.C2H6/c1-2-3-7-16-14-24(17-8-5-4-6-9-17)19-12-18(23)20(13-21(19)28-15-16)27-11-10-22(25)26;1-2/h4-6,8-13,16H,2-3,7,14-15H2,1H3,(H,25,26);1-2H3/b11-10+;/t16-;/m0./s1. The van der Waals surface area contributed by atoms with E-state index >= 15 is 0 Å². The molecule has 0 saturated heterocycles. The molecule has 1 N–H and O–H groups in total. The quantitative estimate of drug-likeness (QED) is 0.320. The Bertz CT molecular complexity index is 842. The van der Waals surface area contributed by atoms with Gasteiger partial charge in [0.05, 0.1) is 22.5 Å². The average molecular weight is 492 g/mol. The number of unbranched alkanes of at least 4 members (excludes halogenated alkanes) is 1. The lowest BCUT2D eigenvalue weighted by atomic mass is 10.0. The third-order valence-corrected chi connectivity index (χ3v) is 6.55. The maximum atomic E-state index is 10.7. The number of para-hydroxylation sites is 1. The molecule has 0 fully saturated rings. The van der Waals surface area contributed by atoms with Gasteiger partial charge >= 0.3 is 5.97 Å². The molecule has 0 aromatic heterocycles. The second-order valence-corrected chi connectivity index (χ2v) is 8.69. The molecule has 162 valence electrons. The minimum absolute atomic E-state index is 0.604. The number of rotatable bonds is 7. The molecule has 3 rings (SSSR count). The fraction of sp³-hybridized carbons (Fsp3) is 0.375. The molecule has 0 amide bonds. The molecular weight excluding hydrogens is 462 g/mol. The second kappa shape index (κ2) is 12.7. The number of carboxylic acids is 1. The van der Waals surface area contributed by atoms with Crippen molar-refractivity contribution >= 4 is 45.0 Å². The van der Waals surface area contributed by atoms with Crippen molar-refractivity contribution in [1.29, 1.82) is 0 Å². The zero-order valence-corrected chi connectivity index (χ0v) is 20.2. The van der Waals surface area contributed by atoms with E-state index in [0.717, 1.165) is 33.4 Å². The van der Waals surface area contributed by atoms with Crippen LogP contribution in [0.1, 0.15) is 40.0 Å². The van der Waals surface area contributed by atoms with Gasteiger partial charge in [-0.15, -0.1) is 11.8 Å². The highest BCUT2D eigenvalue weighted by molar-refractivity contribution is 9.10. The number of carbonyl (C=O) groups is 1. The molecule has 0 bridgehead atoms. The van der Waals surface area contributed by atoms with Crippen molar-refractivity contribution in [2.75, 3.05) is 17.2 Å². The molecule has 0 radical (unpaired) electrons. The van der Waals surface area contributed by atoms with E-state index in [1.807, 2.05) is 37.7 Å². The van der Waals surface area contributed by atoms with Crippen molar-refractivity contribution < 1.29 is 14.6 Å².